The number of amides is 2. The highest BCUT2D eigenvalue weighted by Crippen LogP contribution is 2.27. The van der Waals surface area contributed by atoms with Crippen LogP contribution in [0.15, 0.2) is 29.6 Å². The Bertz CT molecular complexity index is 793. The van der Waals surface area contributed by atoms with Crippen LogP contribution in [0, 0.1) is 5.92 Å². The van der Waals surface area contributed by atoms with Gasteiger partial charge in [0, 0.05) is 17.5 Å². The van der Waals surface area contributed by atoms with E-state index >= 15 is 0 Å². The lowest BCUT2D eigenvalue weighted by Crippen LogP contribution is -2.49. The lowest BCUT2D eigenvalue weighted by molar-refractivity contribution is 0.178. The van der Waals surface area contributed by atoms with Crippen LogP contribution in [0.4, 0.5) is 4.79 Å². The van der Waals surface area contributed by atoms with Gasteiger partial charge in [-0.2, -0.15) is 0 Å². The number of hydrogen-bond donors (Lipinski definition) is 1. The number of aromatic nitrogens is 1. The van der Waals surface area contributed by atoms with Gasteiger partial charge in [0.25, 0.3) is 0 Å². The van der Waals surface area contributed by atoms with Gasteiger partial charge in [-0.1, -0.05) is 45.9 Å². The lowest BCUT2D eigenvalue weighted by Gasteiger charge is -2.29. The highest BCUT2D eigenvalue weighted by Gasteiger charge is 2.21. The smallest absolute Gasteiger partial charge is 0.318 e. The molecule has 1 N–H and O–H groups in total. The molecule has 0 atom stereocenters. The number of nitrogens with one attached hydrogen (secondary N) is 1. The molecule has 1 aromatic carbocycles. The van der Waals surface area contributed by atoms with E-state index < -0.39 is 0 Å². The number of carbonyl (C=O) groups is 1. The molecule has 0 saturated carbocycles. The van der Waals surface area contributed by atoms with Gasteiger partial charge in [-0.05, 0) is 44.2 Å². The molecule has 0 aliphatic carbocycles. The topological polar surface area (TPSA) is 54.5 Å². The van der Waals surface area contributed by atoms with Crippen LogP contribution < -0.4 is 10.1 Å². The number of hydrogen-bond acceptors (Lipinski definition) is 4. The second-order valence-electron chi connectivity index (χ2n) is 9.17. The van der Waals surface area contributed by atoms with Gasteiger partial charge >= 0.3 is 6.03 Å². The van der Waals surface area contributed by atoms with Crippen molar-refractivity contribution in [1.29, 1.82) is 0 Å². The van der Waals surface area contributed by atoms with E-state index in [4.69, 9.17) is 9.72 Å². The third kappa shape index (κ3) is 7.69. The maximum absolute atomic E-state index is 12.7. The molecular formula is C23H35N3O2S. The van der Waals surface area contributed by atoms with Crippen LogP contribution in [0.3, 0.4) is 0 Å². The molecule has 0 saturated heterocycles. The van der Waals surface area contributed by atoms with Gasteiger partial charge in [0.2, 0.25) is 0 Å². The number of urea groups is 1. The fourth-order valence-corrected chi connectivity index (χ4v) is 3.67. The number of carbonyl (C=O) groups excluding carboxylic acids is 1. The molecule has 0 fully saturated rings. The van der Waals surface area contributed by atoms with Crippen molar-refractivity contribution in [1.82, 2.24) is 15.2 Å². The summed E-state index contributed by atoms with van der Waals surface area (Å²) in [6, 6.07) is 8.08. The van der Waals surface area contributed by atoms with Gasteiger partial charge in [-0.3, -0.25) is 0 Å². The standard InChI is InChI=1S/C23H35N3O2S/c1-16(2)12-26(22(27)25-23(5,6)7)13-18-15-29-21(24-18)14-28-20-11-9-8-10-19(20)17(3)4/h8-11,15-17H,12-14H2,1-7H3,(H,25,27). The first-order valence-corrected chi connectivity index (χ1v) is 11.1. The van der Waals surface area contributed by atoms with Gasteiger partial charge in [0.15, 0.2) is 0 Å². The fraction of sp³-hybridized carbons (Fsp3) is 0.565. The van der Waals surface area contributed by atoms with E-state index in [1.54, 1.807) is 11.3 Å². The monoisotopic (exact) mass is 417 g/mol. The molecule has 29 heavy (non-hydrogen) atoms. The van der Waals surface area contributed by atoms with Gasteiger partial charge < -0.3 is 15.0 Å². The Hall–Kier alpha value is -2.08. The maximum Gasteiger partial charge on any atom is 0.318 e. The number of thiazole rings is 1. The molecule has 2 rings (SSSR count). The maximum atomic E-state index is 12.7. The first-order chi connectivity index (χ1) is 13.5. The molecule has 0 aliphatic heterocycles. The van der Waals surface area contributed by atoms with Crippen LogP contribution in [0.2, 0.25) is 0 Å². The minimum absolute atomic E-state index is 0.0529. The number of para-hydroxylation sites is 1. The second-order valence-corrected chi connectivity index (χ2v) is 10.1. The SMILES string of the molecule is CC(C)CN(Cc1csc(COc2ccccc2C(C)C)n1)C(=O)NC(C)(C)C. The molecule has 160 valence electrons. The van der Waals surface area contributed by atoms with Crippen LogP contribution >= 0.6 is 11.3 Å². The Kier molecular flexibility index (Phi) is 8.08. The molecule has 0 aliphatic rings. The lowest BCUT2D eigenvalue weighted by atomic mass is 10.0. The summed E-state index contributed by atoms with van der Waals surface area (Å²) in [4.78, 5) is 19.2. The van der Waals surface area contributed by atoms with E-state index in [1.165, 1.54) is 5.56 Å². The largest absolute Gasteiger partial charge is 0.486 e. The van der Waals surface area contributed by atoms with E-state index in [2.05, 4.69) is 39.1 Å². The van der Waals surface area contributed by atoms with Crippen molar-refractivity contribution < 1.29 is 9.53 Å². The van der Waals surface area contributed by atoms with Gasteiger partial charge in [0.05, 0.1) is 12.2 Å². The predicted molar refractivity (Wildman–Crippen MR) is 121 cm³/mol. The van der Waals surface area contributed by atoms with E-state index in [9.17, 15) is 4.79 Å². The van der Waals surface area contributed by atoms with Gasteiger partial charge in [-0.15, -0.1) is 11.3 Å². The predicted octanol–water partition coefficient (Wildman–Crippen LogP) is 5.81. The minimum atomic E-state index is -0.267. The average Bonchev–Trinajstić information content (AvgIpc) is 3.05. The van der Waals surface area contributed by atoms with Crippen molar-refractivity contribution in [2.45, 2.75) is 73.1 Å². The van der Waals surface area contributed by atoms with E-state index in [-0.39, 0.29) is 11.6 Å². The molecule has 0 bridgehead atoms. The molecule has 0 spiro atoms. The summed E-state index contributed by atoms with van der Waals surface area (Å²) in [6.07, 6.45) is 0. The first-order valence-electron chi connectivity index (χ1n) is 10.3. The fourth-order valence-electron chi connectivity index (χ4n) is 2.97. The van der Waals surface area contributed by atoms with Crippen LogP contribution in [0.25, 0.3) is 0 Å². The normalized spacial score (nSPS) is 11.8. The number of rotatable bonds is 8. The van der Waals surface area contributed by atoms with Crippen molar-refractivity contribution in [2.24, 2.45) is 5.92 Å². The summed E-state index contributed by atoms with van der Waals surface area (Å²) in [6.45, 7) is 16.2. The zero-order valence-electron chi connectivity index (χ0n) is 18.8. The Morgan fingerprint density at radius 1 is 1.21 bits per heavy atom. The van der Waals surface area contributed by atoms with E-state index in [1.807, 2.05) is 49.3 Å². The molecule has 6 heteroatoms. The van der Waals surface area contributed by atoms with Crippen LogP contribution in [-0.2, 0) is 13.2 Å². The molecule has 2 aromatic rings. The third-order valence-corrected chi connectivity index (χ3v) is 5.07. The van der Waals surface area contributed by atoms with Crippen LogP contribution in [0.1, 0.15) is 70.6 Å². The average molecular weight is 418 g/mol. The molecule has 1 heterocycles. The van der Waals surface area contributed by atoms with Crippen molar-refractivity contribution in [3.8, 4) is 5.75 Å². The summed E-state index contributed by atoms with van der Waals surface area (Å²) in [5.74, 6) is 1.70. The highest BCUT2D eigenvalue weighted by molar-refractivity contribution is 7.09. The Morgan fingerprint density at radius 2 is 1.90 bits per heavy atom. The Morgan fingerprint density at radius 3 is 2.52 bits per heavy atom. The molecule has 1 aromatic heterocycles. The molecule has 0 radical (unpaired) electrons. The van der Waals surface area contributed by atoms with Crippen molar-refractivity contribution in [2.75, 3.05) is 6.54 Å². The minimum Gasteiger partial charge on any atom is -0.486 e. The third-order valence-electron chi connectivity index (χ3n) is 4.20. The van der Waals surface area contributed by atoms with Crippen LogP contribution in [0.5, 0.6) is 5.75 Å². The van der Waals surface area contributed by atoms with Crippen molar-refractivity contribution in [3.05, 3.63) is 45.9 Å². The summed E-state index contributed by atoms with van der Waals surface area (Å²) in [7, 11) is 0. The summed E-state index contributed by atoms with van der Waals surface area (Å²) >= 11 is 1.57. The zero-order chi connectivity index (χ0) is 21.6. The van der Waals surface area contributed by atoms with Crippen molar-refractivity contribution in [3.63, 3.8) is 0 Å². The number of nitrogens with zero attached hydrogens (tertiary/aromatic N) is 2. The summed E-state index contributed by atoms with van der Waals surface area (Å²) in [5.41, 5.74) is 1.83. The number of benzene rings is 1. The highest BCUT2D eigenvalue weighted by atomic mass is 32.1. The van der Waals surface area contributed by atoms with Gasteiger partial charge in [0.1, 0.15) is 17.4 Å². The first kappa shape index (κ1) is 23.2. The quantitative estimate of drug-likeness (QED) is 0.589. The van der Waals surface area contributed by atoms with Gasteiger partial charge in [-0.25, -0.2) is 9.78 Å². The van der Waals surface area contributed by atoms with E-state index in [0.29, 0.717) is 31.5 Å². The summed E-state index contributed by atoms with van der Waals surface area (Å²) in [5, 5.41) is 5.99. The van der Waals surface area contributed by atoms with Crippen LogP contribution in [-0.4, -0.2) is 28.0 Å². The Balaban J connectivity index is 2.03. The second kappa shape index (κ2) is 10.1. The molecule has 2 amide bonds. The number of ether oxygens (including phenoxy) is 1. The zero-order valence-corrected chi connectivity index (χ0v) is 19.6. The Labute approximate surface area is 179 Å². The van der Waals surface area contributed by atoms with E-state index in [0.717, 1.165) is 16.5 Å². The molecule has 0 unspecified atom stereocenters. The molecular weight excluding hydrogens is 382 g/mol. The molecule has 5 nitrogen and oxygen atoms in total. The van der Waals surface area contributed by atoms with Crippen molar-refractivity contribution >= 4 is 17.4 Å². The summed E-state index contributed by atoms with van der Waals surface area (Å²) < 4.78 is 6.04.